The number of phenols is 1. The number of ether oxygens (including phenoxy) is 1. The van der Waals surface area contributed by atoms with Gasteiger partial charge in [0.15, 0.2) is 0 Å². The Morgan fingerprint density at radius 2 is 2.17 bits per heavy atom. The summed E-state index contributed by atoms with van der Waals surface area (Å²) in [6.45, 7) is 7.02. The van der Waals surface area contributed by atoms with Crippen LogP contribution in [0.25, 0.3) is 5.57 Å². The molecule has 6 nitrogen and oxygen atoms in total. The van der Waals surface area contributed by atoms with Crippen LogP contribution in [0.3, 0.4) is 0 Å². The zero-order valence-electron chi connectivity index (χ0n) is 16.9. The molecule has 1 aromatic carbocycles. The lowest BCUT2D eigenvalue weighted by Crippen LogP contribution is -2.38. The average Bonchev–Trinajstić information content (AvgIpc) is 3.18. The number of hydrogen-bond donors (Lipinski definition) is 2. The van der Waals surface area contributed by atoms with Gasteiger partial charge in [-0.3, -0.25) is 9.78 Å². The van der Waals surface area contributed by atoms with E-state index in [1.165, 1.54) is 0 Å². The van der Waals surface area contributed by atoms with Crippen LogP contribution in [0, 0.1) is 0 Å². The van der Waals surface area contributed by atoms with Crippen molar-refractivity contribution in [2.24, 2.45) is 0 Å². The van der Waals surface area contributed by atoms with E-state index in [2.05, 4.69) is 23.3 Å². The van der Waals surface area contributed by atoms with Gasteiger partial charge < -0.3 is 20.1 Å². The van der Waals surface area contributed by atoms with Gasteiger partial charge in [0.1, 0.15) is 22.8 Å². The zero-order chi connectivity index (χ0) is 20.4. The number of amides is 1. The van der Waals surface area contributed by atoms with Crippen LogP contribution in [0.4, 0.5) is 0 Å². The van der Waals surface area contributed by atoms with Gasteiger partial charge >= 0.3 is 0 Å². The van der Waals surface area contributed by atoms with E-state index in [0.717, 1.165) is 43.6 Å². The van der Waals surface area contributed by atoms with E-state index in [-0.39, 0.29) is 11.7 Å². The minimum absolute atomic E-state index is 0.0541. The highest BCUT2D eigenvalue weighted by Gasteiger charge is 2.39. The van der Waals surface area contributed by atoms with Crippen LogP contribution >= 0.6 is 0 Å². The molecule has 1 atom stereocenters. The Kier molecular flexibility index (Phi) is 5.28. The molecule has 0 saturated carbocycles. The normalized spacial score (nSPS) is 20.1. The summed E-state index contributed by atoms with van der Waals surface area (Å²) in [6.07, 6.45) is 5.58. The van der Waals surface area contributed by atoms with Crippen LogP contribution in [0.15, 0.2) is 42.6 Å². The van der Waals surface area contributed by atoms with Gasteiger partial charge in [-0.1, -0.05) is 19.1 Å². The molecule has 3 heterocycles. The molecule has 29 heavy (non-hydrogen) atoms. The van der Waals surface area contributed by atoms with E-state index < -0.39 is 5.60 Å². The number of carbonyl (C=O) groups excluding carboxylic acids is 1. The lowest BCUT2D eigenvalue weighted by atomic mass is 9.88. The first-order valence-corrected chi connectivity index (χ1v) is 10.3. The fraction of sp³-hybridized carbons (Fsp3) is 0.391. The number of hydrogen-bond acceptors (Lipinski definition) is 5. The smallest absolute Gasteiger partial charge is 0.272 e. The molecule has 1 spiro atoms. The van der Waals surface area contributed by atoms with E-state index in [0.29, 0.717) is 23.6 Å². The average molecular weight is 393 g/mol. The third kappa shape index (κ3) is 3.60. The summed E-state index contributed by atoms with van der Waals surface area (Å²) < 4.78 is 6.27. The second-order valence-electron chi connectivity index (χ2n) is 7.62. The first kappa shape index (κ1) is 19.5. The van der Waals surface area contributed by atoms with E-state index in [1.807, 2.05) is 19.1 Å². The molecule has 0 radical (unpaired) electrons. The second-order valence-corrected chi connectivity index (χ2v) is 7.62. The summed E-state index contributed by atoms with van der Waals surface area (Å²) in [7, 11) is 0. The van der Waals surface area contributed by atoms with Crippen LogP contribution in [0.1, 0.15) is 48.3 Å². The van der Waals surface area contributed by atoms with Crippen molar-refractivity contribution in [3.63, 3.8) is 0 Å². The highest BCUT2D eigenvalue weighted by molar-refractivity contribution is 5.93. The van der Waals surface area contributed by atoms with Crippen LogP contribution < -0.4 is 10.1 Å². The minimum atomic E-state index is -0.426. The summed E-state index contributed by atoms with van der Waals surface area (Å²) in [5.74, 6) is 0.794. The van der Waals surface area contributed by atoms with Gasteiger partial charge in [0.25, 0.3) is 5.91 Å². The molecule has 2 aliphatic rings. The third-order valence-corrected chi connectivity index (χ3v) is 5.60. The Morgan fingerprint density at radius 1 is 1.31 bits per heavy atom. The number of aromatic nitrogens is 1. The number of carbonyl (C=O) groups is 1. The number of aromatic hydroxyl groups is 1. The van der Waals surface area contributed by atoms with Crippen LogP contribution in [0.5, 0.6) is 11.5 Å². The minimum Gasteiger partial charge on any atom is -0.507 e. The zero-order valence-corrected chi connectivity index (χ0v) is 16.9. The summed E-state index contributed by atoms with van der Waals surface area (Å²) in [4.78, 5) is 18.9. The van der Waals surface area contributed by atoms with Gasteiger partial charge in [-0.05, 0) is 49.7 Å². The predicted octanol–water partition coefficient (Wildman–Crippen LogP) is 3.22. The molecule has 2 N–H and O–H groups in total. The first-order valence-electron chi connectivity index (χ1n) is 10.3. The molecule has 2 aliphatic heterocycles. The van der Waals surface area contributed by atoms with Crippen molar-refractivity contribution in [2.45, 2.75) is 32.3 Å². The molecular weight excluding hydrogens is 366 g/mol. The SMILES string of the molecule is CCCN(CC)C(=O)c1ccc(C2=CC3(CCNC3)Oc3cccc(O)c32)cn1. The lowest BCUT2D eigenvalue weighted by molar-refractivity contribution is 0.0758. The summed E-state index contributed by atoms with van der Waals surface area (Å²) in [6, 6.07) is 9.02. The Bertz CT molecular complexity index is 931. The number of pyridine rings is 1. The van der Waals surface area contributed by atoms with Crippen LogP contribution in [-0.4, -0.2) is 52.7 Å². The molecule has 1 fully saturated rings. The summed E-state index contributed by atoms with van der Waals surface area (Å²) >= 11 is 0. The van der Waals surface area contributed by atoms with Crippen LogP contribution in [-0.2, 0) is 0 Å². The maximum Gasteiger partial charge on any atom is 0.272 e. The predicted molar refractivity (Wildman–Crippen MR) is 112 cm³/mol. The van der Waals surface area contributed by atoms with Gasteiger partial charge in [0, 0.05) is 37.8 Å². The van der Waals surface area contributed by atoms with Gasteiger partial charge in [-0.15, -0.1) is 0 Å². The lowest BCUT2D eigenvalue weighted by Gasteiger charge is -2.33. The van der Waals surface area contributed by atoms with Crippen molar-refractivity contribution in [3.05, 3.63) is 59.4 Å². The van der Waals surface area contributed by atoms with Gasteiger partial charge in [0.05, 0.1) is 5.56 Å². The third-order valence-electron chi connectivity index (χ3n) is 5.60. The molecule has 1 aromatic heterocycles. The second kappa shape index (κ2) is 7.87. The van der Waals surface area contributed by atoms with Gasteiger partial charge in [0.2, 0.25) is 0 Å². The maximum absolute atomic E-state index is 12.7. The molecular formula is C23H27N3O3. The fourth-order valence-corrected chi connectivity index (χ4v) is 4.10. The topological polar surface area (TPSA) is 74.7 Å². The monoisotopic (exact) mass is 393 g/mol. The number of nitrogens with zero attached hydrogens (tertiary/aromatic N) is 2. The highest BCUT2D eigenvalue weighted by atomic mass is 16.5. The number of benzene rings is 1. The largest absolute Gasteiger partial charge is 0.507 e. The first-order chi connectivity index (χ1) is 14.1. The number of nitrogens with one attached hydrogen (secondary N) is 1. The number of phenolic OH excluding ortho intramolecular Hbond substituents is 1. The molecule has 0 bridgehead atoms. The standard InChI is InChI=1S/C23H27N3O3/c1-3-12-26(4-2)22(28)18-9-8-16(14-25-18)17-13-23(10-11-24-15-23)29-20-7-5-6-19(27)21(17)20/h5-9,13-14,24,27H,3-4,10-12,15H2,1-2H3. The molecule has 4 rings (SSSR count). The van der Waals surface area contributed by atoms with Crippen molar-refractivity contribution < 1.29 is 14.6 Å². The Hall–Kier alpha value is -2.86. The van der Waals surface area contributed by atoms with E-state index in [4.69, 9.17) is 4.74 Å². The fourth-order valence-electron chi connectivity index (χ4n) is 4.10. The molecule has 6 heteroatoms. The van der Waals surface area contributed by atoms with Crippen molar-refractivity contribution in [3.8, 4) is 11.5 Å². The molecule has 1 saturated heterocycles. The summed E-state index contributed by atoms with van der Waals surface area (Å²) in [5.41, 5.74) is 2.43. The van der Waals surface area contributed by atoms with Crippen LogP contribution in [0.2, 0.25) is 0 Å². The van der Waals surface area contributed by atoms with Gasteiger partial charge in [-0.25, -0.2) is 0 Å². The Morgan fingerprint density at radius 3 is 2.83 bits per heavy atom. The van der Waals surface area contributed by atoms with Crippen molar-refractivity contribution in [1.29, 1.82) is 0 Å². The van der Waals surface area contributed by atoms with Crippen molar-refractivity contribution in [2.75, 3.05) is 26.2 Å². The molecule has 2 aromatic rings. The van der Waals surface area contributed by atoms with Crippen molar-refractivity contribution in [1.82, 2.24) is 15.2 Å². The Balaban J connectivity index is 1.71. The van der Waals surface area contributed by atoms with E-state index in [9.17, 15) is 9.90 Å². The quantitative estimate of drug-likeness (QED) is 0.816. The van der Waals surface area contributed by atoms with E-state index >= 15 is 0 Å². The number of rotatable bonds is 5. The molecule has 1 amide bonds. The van der Waals surface area contributed by atoms with Gasteiger partial charge in [-0.2, -0.15) is 0 Å². The molecule has 152 valence electrons. The molecule has 0 aliphatic carbocycles. The summed E-state index contributed by atoms with van der Waals surface area (Å²) in [5, 5.41) is 13.9. The number of fused-ring (bicyclic) bond motifs is 1. The molecule has 1 unspecified atom stereocenters. The van der Waals surface area contributed by atoms with E-state index in [1.54, 1.807) is 29.3 Å². The van der Waals surface area contributed by atoms with Crippen molar-refractivity contribution >= 4 is 11.5 Å². The Labute approximate surface area is 171 Å². The highest BCUT2D eigenvalue weighted by Crippen LogP contribution is 2.45. The maximum atomic E-state index is 12.7.